The number of carbonyl (C=O) groups excluding carboxylic acids is 2. The van der Waals surface area contributed by atoms with Crippen LogP contribution in [0.3, 0.4) is 0 Å². The molecule has 2 amide bonds. The van der Waals surface area contributed by atoms with Crippen LogP contribution in [0.25, 0.3) is 0 Å². The van der Waals surface area contributed by atoms with Gasteiger partial charge in [0.15, 0.2) is 15.5 Å². The van der Waals surface area contributed by atoms with Gasteiger partial charge in [-0.1, -0.05) is 6.07 Å². The molecule has 2 bridgehead atoms. The number of benzene rings is 2. The number of amides is 2. The number of aromatic amines is 1. The van der Waals surface area contributed by atoms with Crippen LogP contribution in [0, 0.1) is 39.4 Å². The van der Waals surface area contributed by atoms with Gasteiger partial charge in [-0.15, -0.1) is 23.1 Å². The van der Waals surface area contributed by atoms with Crippen molar-refractivity contribution >= 4 is 52.8 Å². The standard InChI is InChI=1S/C27H23FN2O4S3/c1-33-16-8-3-11(9-17(16)34-2)18-19-14-10-15(22(19)36-24-23(18)37-27(35)29-24)21-20(14)25(31)30(26(21)32)13-6-4-12(28)5-7-13/h3-9,14-15,18-22H,10H2,1-2H3,(H,29,35). The highest BCUT2D eigenvalue weighted by atomic mass is 32.2. The van der Waals surface area contributed by atoms with Crippen LogP contribution in [0.4, 0.5) is 10.1 Å². The summed E-state index contributed by atoms with van der Waals surface area (Å²) in [7, 11) is 3.24. The van der Waals surface area contributed by atoms with E-state index in [4.69, 9.17) is 21.7 Å². The van der Waals surface area contributed by atoms with Crippen molar-refractivity contribution in [3.8, 4) is 11.5 Å². The smallest absolute Gasteiger partial charge is 0.238 e. The molecule has 2 aliphatic heterocycles. The van der Waals surface area contributed by atoms with Crippen LogP contribution in [-0.2, 0) is 9.59 Å². The SMILES string of the molecule is COc1ccc(C2c3sc(=S)[nH]c3SC3C4CC(C5C(=O)N(c6ccc(F)cc6)C(=O)C45)C23)cc1OC. The number of carbonyl (C=O) groups is 2. The molecule has 1 saturated heterocycles. The van der Waals surface area contributed by atoms with E-state index in [9.17, 15) is 14.0 Å². The number of rotatable bonds is 4. The predicted molar refractivity (Wildman–Crippen MR) is 141 cm³/mol. The molecule has 0 radical (unpaired) electrons. The third kappa shape index (κ3) is 3.25. The molecule has 3 fully saturated rings. The van der Waals surface area contributed by atoms with E-state index >= 15 is 0 Å². The van der Waals surface area contributed by atoms with Gasteiger partial charge in [0, 0.05) is 16.0 Å². The highest BCUT2D eigenvalue weighted by molar-refractivity contribution is 8.00. The van der Waals surface area contributed by atoms with Crippen LogP contribution in [-0.4, -0.2) is 36.3 Å². The summed E-state index contributed by atoms with van der Waals surface area (Å²) >= 11 is 8.90. The van der Waals surface area contributed by atoms with Crippen LogP contribution in [0.2, 0.25) is 0 Å². The number of thioether (sulfide) groups is 1. The third-order valence-electron chi connectivity index (χ3n) is 8.58. The highest BCUT2D eigenvalue weighted by Crippen LogP contribution is 2.69. The van der Waals surface area contributed by atoms with Crippen molar-refractivity contribution < 1.29 is 23.5 Å². The molecule has 2 aliphatic carbocycles. The molecular formula is C27H23FN2O4S3. The van der Waals surface area contributed by atoms with Crippen molar-refractivity contribution in [2.24, 2.45) is 29.6 Å². The number of ether oxygens (including phenoxy) is 2. The number of thiazole rings is 1. The van der Waals surface area contributed by atoms with E-state index in [1.54, 1.807) is 37.3 Å². The number of nitrogens with one attached hydrogen (secondary N) is 1. The van der Waals surface area contributed by atoms with Crippen molar-refractivity contribution in [3.05, 3.63) is 62.7 Å². The summed E-state index contributed by atoms with van der Waals surface area (Å²) in [5, 5.41) is 1.24. The van der Waals surface area contributed by atoms with Gasteiger partial charge in [-0.2, -0.15) is 0 Å². The molecule has 190 valence electrons. The average Bonchev–Trinajstić information content (AvgIpc) is 3.63. The Kier molecular flexibility index (Phi) is 5.32. The molecule has 0 spiro atoms. The van der Waals surface area contributed by atoms with Gasteiger partial charge in [-0.05, 0) is 78.4 Å². The number of H-pyrrole nitrogens is 1. The van der Waals surface area contributed by atoms with Crippen LogP contribution in [0.1, 0.15) is 22.8 Å². The first-order valence-corrected chi connectivity index (χ1v) is 14.3. The molecule has 2 saturated carbocycles. The first kappa shape index (κ1) is 23.4. The van der Waals surface area contributed by atoms with E-state index in [1.807, 2.05) is 12.1 Å². The van der Waals surface area contributed by atoms with Gasteiger partial charge < -0.3 is 14.5 Å². The zero-order chi connectivity index (χ0) is 25.6. The Morgan fingerprint density at radius 3 is 2.41 bits per heavy atom. The second kappa shape index (κ2) is 8.41. The monoisotopic (exact) mass is 554 g/mol. The third-order valence-corrected chi connectivity index (χ3v) is 11.5. The van der Waals surface area contributed by atoms with Crippen LogP contribution in [0.5, 0.6) is 11.5 Å². The fourth-order valence-electron chi connectivity index (χ4n) is 7.28. The Balaban J connectivity index is 1.32. The van der Waals surface area contributed by atoms with Crippen LogP contribution < -0.4 is 14.4 Å². The molecule has 4 aliphatic rings. The van der Waals surface area contributed by atoms with Gasteiger partial charge in [0.05, 0.1) is 36.8 Å². The Morgan fingerprint density at radius 1 is 1.00 bits per heavy atom. The van der Waals surface area contributed by atoms with Crippen molar-refractivity contribution in [1.29, 1.82) is 0 Å². The second-order valence-corrected chi connectivity index (χ2v) is 13.0. The Morgan fingerprint density at radius 2 is 1.70 bits per heavy atom. The molecule has 6 nitrogen and oxygen atoms in total. The number of anilines is 1. The molecule has 1 aromatic heterocycles. The van der Waals surface area contributed by atoms with Crippen molar-refractivity contribution in [1.82, 2.24) is 4.98 Å². The zero-order valence-corrected chi connectivity index (χ0v) is 22.4. The molecule has 2 aromatic carbocycles. The summed E-state index contributed by atoms with van der Waals surface area (Å²) in [4.78, 5) is 33.3. The lowest BCUT2D eigenvalue weighted by atomic mass is 9.68. The Hall–Kier alpha value is -2.69. The lowest BCUT2D eigenvalue weighted by molar-refractivity contribution is -0.123. The summed E-state index contributed by atoms with van der Waals surface area (Å²) in [6.07, 6.45) is 0.853. The molecule has 37 heavy (non-hydrogen) atoms. The van der Waals surface area contributed by atoms with Crippen molar-refractivity contribution in [2.45, 2.75) is 22.6 Å². The van der Waals surface area contributed by atoms with Crippen LogP contribution in [0.15, 0.2) is 47.5 Å². The average molecular weight is 555 g/mol. The topological polar surface area (TPSA) is 71.6 Å². The minimum absolute atomic E-state index is 0.0257. The predicted octanol–water partition coefficient (Wildman–Crippen LogP) is 5.64. The Labute approximate surface area is 226 Å². The molecule has 10 heteroatoms. The van der Waals surface area contributed by atoms with E-state index in [0.29, 0.717) is 17.2 Å². The maximum Gasteiger partial charge on any atom is 0.238 e. The van der Waals surface area contributed by atoms with E-state index in [2.05, 4.69) is 11.1 Å². The minimum atomic E-state index is -0.396. The van der Waals surface area contributed by atoms with Gasteiger partial charge >= 0.3 is 0 Å². The Bertz CT molecular complexity index is 1500. The number of hydrogen-bond donors (Lipinski definition) is 1. The number of hydrogen-bond acceptors (Lipinski definition) is 7. The van der Waals surface area contributed by atoms with Crippen molar-refractivity contribution in [2.75, 3.05) is 19.1 Å². The maximum absolute atomic E-state index is 13.8. The highest BCUT2D eigenvalue weighted by Gasteiger charge is 2.69. The number of imide groups is 1. The zero-order valence-electron chi connectivity index (χ0n) is 20.0. The minimum Gasteiger partial charge on any atom is -0.493 e. The molecule has 7 unspecified atom stereocenters. The maximum atomic E-state index is 13.8. The quantitative estimate of drug-likeness (QED) is 0.333. The summed E-state index contributed by atoms with van der Waals surface area (Å²) in [6.45, 7) is 0. The fraction of sp³-hybridized carbons (Fsp3) is 0.370. The van der Waals surface area contributed by atoms with E-state index in [0.717, 1.165) is 21.0 Å². The van der Waals surface area contributed by atoms with Gasteiger partial charge in [0.1, 0.15) is 5.82 Å². The molecule has 7 atom stereocenters. The summed E-state index contributed by atoms with van der Waals surface area (Å²) in [5.74, 6) is 0.265. The number of aromatic nitrogens is 1. The normalized spacial score (nSPS) is 31.3. The van der Waals surface area contributed by atoms with E-state index < -0.39 is 5.82 Å². The van der Waals surface area contributed by atoms with Gasteiger partial charge in [0.25, 0.3) is 0 Å². The number of halogens is 1. The van der Waals surface area contributed by atoms with Gasteiger partial charge in [-0.25, -0.2) is 4.39 Å². The number of nitrogens with zero attached hydrogens (tertiary/aromatic N) is 1. The number of fused-ring (bicyclic) bond motifs is 9. The van der Waals surface area contributed by atoms with Crippen molar-refractivity contribution in [3.63, 3.8) is 0 Å². The van der Waals surface area contributed by atoms with Gasteiger partial charge in [-0.3, -0.25) is 14.5 Å². The van der Waals surface area contributed by atoms with E-state index in [1.165, 1.54) is 34.0 Å². The van der Waals surface area contributed by atoms with E-state index in [-0.39, 0.29) is 52.6 Å². The second-order valence-electron chi connectivity index (χ2n) is 10.1. The molecule has 3 heterocycles. The molecule has 3 aromatic rings. The largest absolute Gasteiger partial charge is 0.493 e. The lowest BCUT2D eigenvalue weighted by Gasteiger charge is -2.43. The van der Waals surface area contributed by atoms with Gasteiger partial charge in [0.2, 0.25) is 11.8 Å². The first-order valence-electron chi connectivity index (χ1n) is 12.2. The molecular weight excluding hydrogens is 532 g/mol. The summed E-state index contributed by atoms with van der Waals surface area (Å²) in [6, 6.07) is 11.6. The first-order chi connectivity index (χ1) is 17.9. The molecule has 7 rings (SSSR count). The number of methoxy groups -OCH3 is 2. The van der Waals surface area contributed by atoms with Crippen LogP contribution >= 0.6 is 35.3 Å². The fourth-order valence-corrected chi connectivity index (χ4v) is 10.6. The summed E-state index contributed by atoms with van der Waals surface area (Å²) < 4.78 is 25.4. The molecule has 1 N–H and O–H groups in total. The lowest BCUT2D eigenvalue weighted by Crippen LogP contribution is -2.42. The summed E-state index contributed by atoms with van der Waals surface area (Å²) in [5.41, 5.74) is 1.54.